The molecule has 144 valence electrons. The molecule has 2 aromatic carbocycles. The van der Waals surface area contributed by atoms with Gasteiger partial charge in [-0.1, -0.05) is 36.4 Å². The molecule has 1 saturated heterocycles. The lowest BCUT2D eigenvalue weighted by Crippen LogP contribution is -2.56. The SMILES string of the molecule is COc1ccccc1CCC(=O)N1CC(c2ccccc2F)OCC1(C)C. The minimum absolute atomic E-state index is 0.0375. The van der Waals surface area contributed by atoms with Crippen LogP contribution in [0, 0.1) is 5.82 Å². The molecule has 5 heteroatoms. The molecule has 4 nitrogen and oxygen atoms in total. The Morgan fingerprint density at radius 1 is 1.22 bits per heavy atom. The van der Waals surface area contributed by atoms with Crippen LogP contribution in [0.3, 0.4) is 0 Å². The summed E-state index contributed by atoms with van der Waals surface area (Å²) in [7, 11) is 1.63. The first-order valence-electron chi connectivity index (χ1n) is 9.21. The van der Waals surface area contributed by atoms with Gasteiger partial charge in [-0.25, -0.2) is 4.39 Å². The second kappa shape index (κ2) is 8.09. The minimum Gasteiger partial charge on any atom is -0.496 e. The van der Waals surface area contributed by atoms with Crippen LogP contribution in [0.25, 0.3) is 0 Å². The van der Waals surface area contributed by atoms with Crippen molar-refractivity contribution < 1.29 is 18.7 Å². The second-order valence-electron chi connectivity index (χ2n) is 7.45. The van der Waals surface area contributed by atoms with Crippen LogP contribution in [0.4, 0.5) is 4.39 Å². The summed E-state index contributed by atoms with van der Waals surface area (Å²) in [5.41, 5.74) is 1.07. The molecule has 1 amide bonds. The van der Waals surface area contributed by atoms with Gasteiger partial charge < -0.3 is 14.4 Å². The molecule has 0 aromatic heterocycles. The molecule has 1 unspecified atom stereocenters. The molecule has 27 heavy (non-hydrogen) atoms. The van der Waals surface area contributed by atoms with Crippen molar-refractivity contribution >= 4 is 5.91 Å². The van der Waals surface area contributed by atoms with Crippen LogP contribution < -0.4 is 4.74 Å². The molecule has 3 rings (SSSR count). The van der Waals surface area contributed by atoms with Crippen LogP contribution in [0.2, 0.25) is 0 Å². The number of rotatable bonds is 5. The van der Waals surface area contributed by atoms with E-state index in [1.165, 1.54) is 6.07 Å². The second-order valence-corrected chi connectivity index (χ2v) is 7.45. The molecular formula is C22H26FNO3. The van der Waals surface area contributed by atoms with Crippen molar-refractivity contribution in [2.75, 3.05) is 20.3 Å². The average molecular weight is 371 g/mol. The third-order valence-corrected chi connectivity index (χ3v) is 5.07. The van der Waals surface area contributed by atoms with Crippen LogP contribution in [0.15, 0.2) is 48.5 Å². The lowest BCUT2D eigenvalue weighted by atomic mass is 9.96. The molecule has 1 fully saturated rings. The molecule has 1 aliphatic rings. The zero-order chi connectivity index (χ0) is 19.4. The maximum atomic E-state index is 14.2. The van der Waals surface area contributed by atoms with Gasteiger partial charge in [-0.3, -0.25) is 4.79 Å². The topological polar surface area (TPSA) is 38.8 Å². The van der Waals surface area contributed by atoms with Gasteiger partial charge in [-0.05, 0) is 38.0 Å². The Labute approximate surface area is 159 Å². The highest BCUT2D eigenvalue weighted by Crippen LogP contribution is 2.32. The van der Waals surface area contributed by atoms with E-state index in [2.05, 4.69) is 0 Å². The molecule has 0 N–H and O–H groups in total. The Balaban J connectivity index is 1.72. The zero-order valence-corrected chi connectivity index (χ0v) is 16.1. The van der Waals surface area contributed by atoms with Gasteiger partial charge in [0.25, 0.3) is 0 Å². The summed E-state index contributed by atoms with van der Waals surface area (Å²) >= 11 is 0. The van der Waals surface area contributed by atoms with E-state index in [-0.39, 0.29) is 11.7 Å². The molecule has 1 aliphatic heterocycles. The molecule has 0 bridgehead atoms. The van der Waals surface area contributed by atoms with Crippen molar-refractivity contribution in [1.29, 1.82) is 0 Å². The minimum atomic E-state index is -0.450. The highest BCUT2D eigenvalue weighted by molar-refractivity contribution is 5.77. The fraction of sp³-hybridized carbons (Fsp3) is 0.409. The fourth-order valence-electron chi connectivity index (χ4n) is 3.50. The van der Waals surface area contributed by atoms with E-state index >= 15 is 0 Å². The van der Waals surface area contributed by atoms with E-state index in [4.69, 9.17) is 9.47 Å². The van der Waals surface area contributed by atoms with Gasteiger partial charge in [0.15, 0.2) is 0 Å². The van der Waals surface area contributed by atoms with Crippen molar-refractivity contribution in [3.05, 3.63) is 65.5 Å². The number of aryl methyl sites for hydroxylation is 1. The third kappa shape index (κ3) is 4.30. The molecular weight excluding hydrogens is 345 g/mol. The largest absolute Gasteiger partial charge is 0.496 e. The number of benzene rings is 2. The number of carbonyl (C=O) groups is 1. The highest BCUT2D eigenvalue weighted by atomic mass is 19.1. The van der Waals surface area contributed by atoms with Crippen LogP contribution >= 0.6 is 0 Å². The highest BCUT2D eigenvalue weighted by Gasteiger charge is 2.38. The number of nitrogens with zero attached hydrogens (tertiary/aromatic N) is 1. The summed E-state index contributed by atoms with van der Waals surface area (Å²) in [5, 5.41) is 0. The fourth-order valence-corrected chi connectivity index (χ4v) is 3.50. The van der Waals surface area contributed by atoms with E-state index in [1.54, 1.807) is 25.3 Å². The van der Waals surface area contributed by atoms with Crippen molar-refractivity contribution in [3.8, 4) is 5.75 Å². The van der Waals surface area contributed by atoms with Gasteiger partial charge in [-0.2, -0.15) is 0 Å². The third-order valence-electron chi connectivity index (χ3n) is 5.07. The predicted octanol–water partition coefficient (Wildman–Crippen LogP) is 4.15. The summed E-state index contributed by atoms with van der Waals surface area (Å²) in [6.07, 6.45) is 0.517. The van der Waals surface area contributed by atoms with Crippen LogP contribution in [-0.2, 0) is 16.0 Å². The van der Waals surface area contributed by atoms with Crippen LogP contribution in [0.5, 0.6) is 5.75 Å². The van der Waals surface area contributed by atoms with Crippen LogP contribution in [-0.4, -0.2) is 36.6 Å². The van der Waals surface area contributed by atoms with Gasteiger partial charge in [0.05, 0.1) is 25.8 Å². The number of hydrogen-bond donors (Lipinski definition) is 0. The Kier molecular flexibility index (Phi) is 5.80. The smallest absolute Gasteiger partial charge is 0.223 e. The van der Waals surface area contributed by atoms with E-state index in [1.807, 2.05) is 43.0 Å². The summed E-state index contributed by atoms with van der Waals surface area (Å²) in [4.78, 5) is 14.8. The Morgan fingerprint density at radius 3 is 2.67 bits per heavy atom. The number of hydrogen-bond acceptors (Lipinski definition) is 3. The number of methoxy groups -OCH3 is 1. The lowest BCUT2D eigenvalue weighted by molar-refractivity contribution is -0.155. The lowest BCUT2D eigenvalue weighted by Gasteiger charge is -2.45. The van der Waals surface area contributed by atoms with Crippen molar-refractivity contribution in [2.24, 2.45) is 0 Å². The summed E-state index contributed by atoms with van der Waals surface area (Å²) in [6.45, 7) is 4.67. The summed E-state index contributed by atoms with van der Waals surface area (Å²) < 4.78 is 25.4. The number of ether oxygens (including phenoxy) is 2. The molecule has 1 atom stereocenters. The first kappa shape index (κ1) is 19.4. The van der Waals surface area contributed by atoms with Crippen LogP contribution in [0.1, 0.15) is 37.5 Å². The van der Waals surface area contributed by atoms with Crippen molar-refractivity contribution in [2.45, 2.75) is 38.3 Å². The molecule has 0 saturated carbocycles. The predicted molar refractivity (Wildman–Crippen MR) is 102 cm³/mol. The first-order chi connectivity index (χ1) is 12.9. The molecule has 2 aromatic rings. The first-order valence-corrected chi connectivity index (χ1v) is 9.21. The van der Waals surface area contributed by atoms with Gasteiger partial charge >= 0.3 is 0 Å². The van der Waals surface area contributed by atoms with E-state index in [0.717, 1.165) is 11.3 Å². The van der Waals surface area contributed by atoms with Gasteiger partial charge in [-0.15, -0.1) is 0 Å². The normalized spacial score (nSPS) is 19.0. The van der Waals surface area contributed by atoms with Crippen molar-refractivity contribution in [3.63, 3.8) is 0 Å². The van der Waals surface area contributed by atoms with Gasteiger partial charge in [0.2, 0.25) is 5.91 Å². The summed E-state index contributed by atoms with van der Waals surface area (Å²) in [6, 6.07) is 14.3. The quantitative estimate of drug-likeness (QED) is 0.793. The molecule has 0 radical (unpaired) electrons. The monoisotopic (exact) mass is 371 g/mol. The molecule has 0 spiro atoms. The Morgan fingerprint density at radius 2 is 1.93 bits per heavy atom. The van der Waals surface area contributed by atoms with E-state index in [0.29, 0.717) is 31.6 Å². The molecule has 1 heterocycles. The van der Waals surface area contributed by atoms with Gasteiger partial charge in [0.1, 0.15) is 17.7 Å². The number of carbonyl (C=O) groups excluding carboxylic acids is 1. The molecule has 0 aliphatic carbocycles. The maximum absolute atomic E-state index is 14.2. The number of para-hydroxylation sites is 1. The van der Waals surface area contributed by atoms with Gasteiger partial charge in [0, 0.05) is 12.0 Å². The zero-order valence-electron chi connectivity index (χ0n) is 16.1. The number of halogens is 1. The Hall–Kier alpha value is -2.40. The average Bonchev–Trinajstić information content (AvgIpc) is 2.67. The Bertz CT molecular complexity index is 806. The number of morpholine rings is 1. The van der Waals surface area contributed by atoms with Crippen molar-refractivity contribution in [1.82, 2.24) is 4.90 Å². The standard InChI is InChI=1S/C22H26FNO3/c1-22(2)15-27-20(17-9-5-6-10-18(17)23)14-24(22)21(25)13-12-16-8-4-7-11-19(16)26-3/h4-11,20H,12-15H2,1-3H3. The number of amides is 1. The summed E-state index contributed by atoms with van der Waals surface area (Å²) in [5.74, 6) is 0.523. The maximum Gasteiger partial charge on any atom is 0.223 e. The van der Waals surface area contributed by atoms with E-state index < -0.39 is 11.6 Å². The van der Waals surface area contributed by atoms with E-state index in [9.17, 15) is 9.18 Å².